The van der Waals surface area contributed by atoms with E-state index in [0.717, 1.165) is 23.7 Å². The molecule has 0 unspecified atom stereocenters. The Balaban J connectivity index is 1.65. The molecule has 0 saturated heterocycles. The Morgan fingerprint density at radius 1 is 1.30 bits per heavy atom. The molecule has 0 aliphatic carbocycles. The molecule has 7 nitrogen and oxygen atoms in total. The second-order valence-electron chi connectivity index (χ2n) is 6.52. The van der Waals surface area contributed by atoms with Crippen LogP contribution >= 0.6 is 11.6 Å². The summed E-state index contributed by atoms with van der Waals surface area (Å²) in [5.41, 5.74) is 2.81. The van der Waals surface area contributed by atoms with E-state index in [1.807, 2.05) is 26.0 Å². The maximum Gasteiger partial charge on any atom is 0.255 e. The van der Waals surface area contributed by atoms with E-state index in [4.69, 9.17) is 11.6 Å². The summed E-state index contributed by atoms with van der Waals surface area (Å²) < 4.78 is 14.6. The largest absolute Gasteiger partial charge is 0.329 e. The van der Waals surface area contributed by atoms with Crippen molar-refractivity contribution < 1.29 is 9.18 Å². The van der Waals surface area contributed by atoms with Gasteiger partial charge in [-0.05, 0) is 25.5 Å². The number of hydrogen-bond donors (Lipinski definition) is 0. The first-order valence-electron chi connectivity index (χ1n) is 8.43. The molecule has 3 aromatic rings. The third-order valence-electron chi connectivity index (χ3n) is 4.66. The van der Waals surface area contributed by atoms with Crippen molar-refractivity contribution in [3.63, 3.8) is 0 Å². The average molecular weight is 387 g/mol. The number of aryl methyl sites for hydroxylation is 1. The summed E-state index contributed by atoms with van der Waals surface area (Å²) in [6.07, 6.45) is 2.69. The van der Waals surface area contributed by atoms with E-state index in [-0.39, 0.29) is 17.9 Å². The summed E-state index contributed by atoms with van der Waals surface area (Å²) in [5.74, 6) is -0.416. The lowest BCUT2D eigenvalue weighted by Crippen LogP contribution is -2.43. The van der Waals surface area contributed by atoms with Crippen molar-refractivity contribution in [2.75, 3.05) is 0 Å². The lowest BCUT2D eigenvalue weighted by atomic mass is 10.0. The van der Waals surface area contributed by atoms with Crippen LogP contribution in [0.2, 0.25) is 5.02 Å². The van der Waals surface area contributed by atoms with Crippen LogP contribution in [-0.4, -0.2) is 41.8 Å². The molecule has 9 heteroatoms. The standard InChI is InChI=1S/C18H16ClFN6O/c1-10-4-3-5-13(16(10)19)17(27)25-9-14-15(6-11(25)2)26(24-23-14)18-21-7-12(20)8-22-18/h3-5,7-8,11H,6,9H2,1-2H3/t11-/m1/s1. The summed E-state index contributed by atoms with van der Waals surface area (Å²) in [6.45, 7) is 4.12. The summed E-state index contributed by atoms with van der Waals surface area (Å²) in [5, 5.41) is 8.72. The van der Waals surface area contributed by atoms with Gasteiger partial charge in [-0.1, -0.05) is 28.9 Å². The smallest absolute Gasteiger partial charge is 0.255 e. The third kappa shape index (κ3) is 3.06. The molecule has 0 radical (unpaired) electrons. The monoisotopic (exact) mass is 386 g/mol. The first-order valence-corrected chi connectivity index (χ1v) is 8.81. The number of halogens is 2. The fourth-order valence-electron chi connectivity index (χ4n) is 3.18. The van der Waals surface area contributed by atoms with Gasteiger partial charge in [0.15, 0.2) is 5.82 Å². The van der Waals surface area contributed by atoms with Crippen molar-refractivity contribution in [3.05, 3.63) is 63.9 Å². The highest BCUT2D eigenvalue weighted by atomic mass is 35.5. The van der Waals surface area contributed by atoms with Gasteiger partial charge >= 0.3 is 0 Å². The number of nitrogens with zero attached hydrogens (tertiary/aromatic N) is 6. The molecular formula is C18H16ClFN6O. The Bertz CT molecular complexity index is 1020. The number of benzene rings is 1. The Morgan fingerprint density at radius 2 is 2.04 bits per heavy atom. The first kappa shape index (κ1) is 17.5. The normalized spacial score (nSPS) is 16.3. The fraction of sp³-hybridized carbons (Fsp3) is 0.278. The number of rotatable bonds is 2. The summed E-state index contributed by atoms with van der Waals surface area (Å²) >= 11 is 6.33. The molecule has 138 valence electrons. The lowest BCUT2D eigenvalue weighted by molar-refractivity contribution is 0.0653. The highest BCUT2D eigenvalue weighted by Crippen LogP contribution is 2.27. The summed E-state index contributed by atoms with van der Waals surface area (Å²) in [4.78, 5) is 22.7. The molecule has 0 N–H and O–H groups in total. The van der Waals surface area contributed by atoms with Crippen molar-refractivity contribution in [3.8, 4) is 5.95 Å². The van der Waals surface area contributed by atoms with Gasteiger partial charge in [-0.3, -0.25) is 4.79 Å². The maximum absolute atomic E-state index is 13.1. The molecule has 1 amide bonds. The van der Waals surface area contributed by atoms with Crippen molar-refractivity contribution >= 4 is 17.5 Å². The van der Waals surface area contributed by atoms with Crippen LogP contribution in [0, 0.1) is 12.7 Å². The molecule has 4 rings (SSSR count). The van der Waals surface area contributed by atoms with E-state index >= 15 is 0 Å². The van der Waals surface area contributed by atoms with Crippen LogP contribution < -0.4 is 0 Å². The fourth-order valence-corrected chi connectivity index (χ4v) is 3.39. The van der Waals surface area contributed by atoms with E-state index in [1.165, 1.54) is 4.68 Å². The van der Waals surface area contributed by atoms with Gasteiger partial charge in [0, 0.05) is 12.5 Å². The number of hydrogen-bond acceptors (Lipinski definition) is 5. The average Bonchev–Trinajstić information content (AvgIpc) is 3.06. The second-order valence-corrected chi connectivity index (χ2v) is 6.90. The zero-order valence-corrected chi connectivity index (χ0v) is 15.5. The number of amides is 1. The molecule has 1 atom stereocenters. The van der Waals surface area contributed by atoms with Crippen LogP contribution in [0.3, 0.4) is 0 Å². The lowest BCUT2D eigenvalue weighted by Gasteiger charge is -2.33. The SMILES string of the molecule is Cc1cccc(C(=O)N2Cc3nnn(-c4ncc(F)cn4)c3C[C@H]2C)c1Cl. The van der Waals surface area contributed by atoms with E-state index in [9.17, 15) is 9.18 Å². The molecule has 3 heterocycles. The van der Waals surface area contributed by atoms with Crippen LogP contribution in [-0.2, 0) is 13.0 Å². The molecule has 1 aliphatic heterocycles. The molecule has 0 spiro atoms. The third-order valence-corrected chi connectivity index (χ3v) is 5.17. The molecule has 0 bridgehead atoms. The molecule has 0 fully saturated rings. The predicted octanol–water partition coefficient (Wildman–Crippen LogP) is 2.75. The minimum atomic E-state index is -0.520. The number of carbonyl (C=O) groups excluding carboxylic acids is 1. The maximum atomic E-state index is 13.1. The summed E-state index contributed by atoms with van der Waals surface area (Å²) in [7, 11) is 0. The van der Waals surface area contributed by atoms with Gasteiger partial charge in [-0.15, -0.1) is 5.10 Å². The van der Waals surface area contributed by atoms with Crippen LogP contribution in [0.25, 0.3) is 5.95 Å². The van der Waals surface area contributed by atoms with E-state index in [0.29, 0.717) is 29.2 Å². The van der Waals surface area contributed by atoms with Crippen LogP contribution in [0.1, 0.15) is 34.2 Å². The molecule has 1 aromatic carbocycles. The van der Waals surface area contributed by atoms with Gasteiger partial charge in [0.25, 0.3) is 11.9 Å². The van der Waals surface area contributed by atoms with Crippen molar-refractivity contribution in [1.29, 1.82) is 0 Å². The second kappa shape index (κ2) is 6.70. The zero-order valence-electron chi connectivity index (χ0n) is 14.7. The quantitative estimate of drug-likeness (QED) is 0.676. The Hall–Kier alpha value is -2.87. The van der Waals surface area contributed by atoms with Crippen LogP contribution in [0.5, 0.6) is 0 Å². The minimum absolute atomic E-state index is 0.0979. The Labute approximate surface area is 159 Å². The van der Waals surface area contributed by atoms with E-state index in [1.54, 1.807) is 11.0 Å². The molecule has 2 aromatic heterocycles. The van der Waals surface area contributed by atoms with E-state index in [2.05, 4.69) is 20.3 Å². The number of aromatic nitrogens is 5. The van der Waals surface area contributed by atoms with Crippen molar-refractivity contribution in [1.82, 2.24) is 29.9 Å². The van der Waals surface area contributed by atoms with Crippen molar-refractivity contribution in [2.24, 2.45) is 0 Å². The highest BCUT2D eigenvalue weighted by molar-refractivity contribution is 6.34. The molecule has 0 saturated carbocycles. The molecular weight excluding hydrogens is 371 g/mol. The van der Waals surface area contributed by atoms with Gasteiger partial charge in [0.1, 0.15) is 5.69 Å². The van der Waals surface area contributed by atoms with Crippen molar-refractivity contribution in [2.45, 2.75) is 32.9 Å². The zero-order chi connectivity index (χ0) is 19.1. The van der Waals surface area contributed by atoms with Crippen LogP contribution in [0.4, 0.5) is 4.39 Å². The van der Waals surface area contributed by atoms with Gasteiger partial charge in [-0.2, -0.15) is 4.68 Å². The predicted molar refractivity (Wildman–Crippen MR) is 96.1 cm³/mol. The van der Waals surface area contributed by atoms with E-state index < -0.39 is 5.82 Å². The first-order chi connectivity index (χ1) is 13.0. The topological polar surface area (TPSA) is 76.8 Å². The molecule has 1 aliphatic rings. The van der Waals surface area contributed by atoms with Gasteiger partial charge in [-0.25, -0.2) is 14.4 Å². The van der Waals surface area contributed by atoms with Gasteiger partial charge in [0.2, 0.25) is 0 Å². The van der Waals surface area contributed by atoms with Gasteiger partial charge in [0.05, 0.1) is 35.2 Å². The minimum Gasteiger partial charge on any atom is -0.329 e. The number of fused-ring (bicyclic) bond motifs is 1. The highest BCUT2D eigenvalue weighted by Gasteiger charge is 2.32. The van der Waals surface area contributed by atoms with Gasteiger partial charge < -0.3 is 4.90 Å². The summed E-state index contributed by atoms with van der Waals surface area (Å²) in [6, 6.07) is 5.31. The number of carbonyl (C=O) groups is 1. The molecule has 27 heavy (non-hydrogen) atoms. The Kier molecular flexibility index (Phi) is 4.35. The van der Waals surface area contributed by atoms with Crippen LogP contribution in [0.15, 0.2) is 30.6 Å². The Morgan fingerprint density at radius 3 is 2.78 bits per heavy atom.